The largest absolute Gasteiger partial charge is 0.342 e. The zero-order valence-corrected chi connectivity index (χ0v) is 18.3. The highest BCUT2D eigenvalue weighted by molar-refractivity contribution is 5.78. The number of H-pyrrole nitrogens is 1. The molecule has 1 saturated heterocycles. The van der Waals surface area contributed by atoms with E-state index in [9.17, 15) is 9.59 Å². The Morgan fingerprint density at radius 1 is 1.20 bits per heavy atom. The first-order chi connectivity index (χ1) is 14.2. The highest BCUT2D eigenvalue weighted by Crippen LogP contribution is 2.28. The summed E-state index contributed by atoms with van der Waals surface area (Å²) < 4.78 is 3.34. The number of nitrogens with one attached hydrogen (secondary N) is 1. The van der Waals surface area contributed by atoms with E-state index in [1.54, 1.807) is 6.92 Å². The number of piperidine rings is 1. The molecule has 0 aliphatic carbocycles. The first-order valence-corrected chi connectivity index (χ1v) is 10.5. The standard InChI is InChI=1S/C21H29N7O2/c1-12(11-27-16(5)23-15(4)24-27)20(29)26-8-6-17(7-9-26)18-10-19-22-14(3)13(2)21(30)28(19)25-18/h10,12,17,25H,6-9,11H2,1-5H3. The summed E-state index contributed by atoms with van der Waals surface area (Å²) in [6, 6.07) is 1.97. The molecule has 0 spiro atoms. The van der Waals surface area contributed by atoms with Crippen LogP contribution >= 0.6 is 0 Å². The molecule has 4 rings (SSSR count). The molecule has 1 fully saturated rings. The molecule has 3 aromatic heterocycles. The number of carbonyl (C=O) groups excluding carboxylic acids is 1. The molecule has 0 bridgehead atoms. The maximum atomic E-state index is 12.9. The van der Waals surface area contributed by atoms with Gasteiger partial charge in [-0.3, -0.25) is 14.7 Å². The molecular weight excluding hydrogens is 382 g/mol. The van der Waals surface area contributed by atoms with Crippen LogP contribution in [0.25, 0.3) is 5.65 Å². The van der Waals surface area contributed by atoms with E-state index in [-0.39, 0.29) is 23.3 Å². The topological polar surface area (TPSA) is 101 Å². The first-order valence-electron chi connectivity index (χ1n) is 10.5. The molecular formula is C21H29N7O2. The number of nitrogens with zero attached hydrogens (tertiary/aromatic N) is 6. The average molecular weight is 412 g/mol. The number of amides is 1. The Balaban J connectivity index is 1.41. The maximum absolute atomic E-state index is 12.9. The number of rotatable bonds is 4. The number of carbonyl (C=O) groups is 1. The first kappa shape index (κ1) is 20.3. The Labute approximate surface area is 175 Å². The summed E-state index contributed by atoms with van der Waals surface area (Å²) in [5, 5.41) is 7.60. The van der Waals surface area contributed by atoms with E-state index in [0.29, 0.717) is 30.8 Å². The third kappa shape index (κ3) is 3.64. The van der Waals surface area contributed by atoms with E-state index in [4.69, 9.17) is 0 Å². The van der Waals surface area contributed by atoms with Gasteiger partial charge in [-0.2, -0.15) is 5.10 Å². The van der Waals surface area contributed by atoms with Gasteiger partial charge in [0.15, 0.2) is 5.65 Å². The highest BCUT2D eigenvalue weighted by Gasteiger charge is 2.28. The van der Waals surface area contributed by atoms with Crippen molar-refractivity contribution in [3.63, 3.8) is 0 Å². The van der Waals surface area contributed by atoms with E-state index in [1.165, 1.54) is 4.52 Å². The van der Waals surface area contributed by atoms with Crippen LogP contribution in [0.5, 0.6) is 0 Å². The number of aromatic nitrogens is 6. The van der Waals surface area contributed by atoms with E-state index < -0.39 is 0 Å². The second-order valence-corrected chi connectivity index (χ2v) is 8.42. The number of aromatic amines is 1. The quantitative estimate of drug-likeness (QED) is 0.706. The molecule has 1 aliphatic rings. The number of likely N-dealkylation sites (tertiary alicyclic amines) is 1. The predicted octanol–water partition coefficient (Wildman–Crippen LogP) is 1.89. The summed E-state index contributed by atoms with van der Waals surface area (Å²) in [6.45, 7) is 11.3. The number of fused-ring (bicyclic) bond motifs is 1. The minimum Gasteiger partial charge on any atom is -0.342 e. The lowest BCUT2D eigenvalue weighted by molar-refractivity contribution is -0.136. The van der Waals surface area contributed by atoms with Crippen molar-refractivity contribution in [3.8, 4) is 0 Å². The smallest absolute Gasteiger partial charge is 0.275 e. The van der Waals surface area contributed by atoms with Crippen LogP contribution in [0.1, 0.15) is 54.3 Å². The molecule has 0 radical (unpaired) electrons. The third-order valence-electron chi connectivity index (χ3n) is 6.18. The summed E-state index contributed by atoms with van der Waals surface area (Å²) in [5.74, 6) is 1.85. The molecule has 1 amide bonds. The van der Waals surface area contributed by atoms with Crippen molar-refractivity contribution < 1.29 is 4.79 Å². The van der Waals surface area contributed by atoms with Crippen LogP contribution in [-0.2, 0) is 11.3 Å². The zero-order chi connectivity index (χ0) is 21.6. The van der Waals surface area contributed by atoms with E-state index in [0.717, 1.165) is 35.9 Å². The molecule has 9 nitrogen and oxygen atoms in total. The minimum absolute atomic E-state index is 0.0520. The van der Waals surface area contributed by atoms with Gasteiger partial charge in [0.05, 0.1) is 12.5 Å². The van der Waals surface area contributed by atoms with Gasteiger partial charge in [-0.1, -0.05) is 6.92 Å². The van der Waals surface area contributed by atoms with Crippen molar-refractivity contribution in [2.24, 2.45) is 5.92 Å². The lowest BCUT2D eigenvalue weighted by Crippen LogP contribution is -2.41. The van der Waals surface area contributed by atoms with Gasteiger partial charge in [0, 0.05) is 42.0 Å². The number of hydrogen-bond donors (Lipinski definition) is 1. The van der Waals surface area contributed by atoms with Crippen molar-refractivity contribution in [2.45, 2.75) is 59.9 Å². The van der Waals surface area contributed by atoms with Crippen molar-refractivity contribution in [3.05, 3.63) is 45.0 Å². The highest BCUT2D eigenvalue weighted by atomic mass is 16.2. The van der Waals surface area contributed by atoms with Crippen LogP contribution in [-0.4, -0.2) is 53.3 Å². The van der Waals surface area contributed by atoms with Crippen LogP contribution in [0.4, 0.5) is 0 Å². The summed E-state index contributed by atoms with van der Waals surface area (Å²) >= 11 is 0. The van der Waals surface area contributed by atoms with Crippen LogP contribution in [0, 0.1) is 33.6 Å². The fraction of sp³-hybridized carbons (Fsp3) is 0.571. The van der Waals surface area contributed by atoms with Crippen LogP contribution in [0.15, 0.2) is 10.9 Å². The summed E-state index contributed by atoms with van der Waals surface area (Å²) in [5.41, 5.74) is 3.04. The lowest BCUT2D eigenvalue weighted by Gasteiger charge is -2.33. The summed E-state index contributed by atoms with van der Waals surface area (Å²) in [4.78, 5) is 36.2. The zero-order valence-electron chi connectivity index (χ0n) is 18.3. The molecule has 9 heteroatoms. The Bertz CT molecular complexity index is 1150. The average Bonchev–Trinajstić information content (AvgIpc) is 3.28. The maximum Gasteiger partial charge on any atom is 0.275 e. The van der Waals surface area contributed by atoms with Crippen LogP contribution < -0.4 is 5.56 Å². The van der Waals surface area contributed by atoms with Crippen molar-refractivity contribution in [1.82, 2.24) is 34.3 Å². The van der Waals surface area contributed by atoms with Gasteiger partial charge in [0.2, 0.25) is 5.91 Å². The molecule has 4 heterocycles. The number of aryl methyl sites for hydroxylation is 3. The molecule has 1 atom stereocenters. The Morgan fingerprint density at radius 2 is 1.90 bits per heavy atom. The molecule has 1 N–H and O–H groups in total. The van der Waals surface area contributed by atoms with Crippen LogP contribution in [0.2, 0.25) is 0 Å². The number of hydrogen-bond acceptors (Lipinski definition) is 5. The van der Waals surface area contributed by atoms with Gasteiger partial charge >= 0.3 is 0 Å². The van der Waals surface area contributed by atoms with Crippen molar-refractivity contribution in [1.29, 1.82) is 0 Å². The lowest BCUT2D eigenvalue weighted by atomic mass is 9.93. The predicted molar refractivity (Wildman–Crippen MR) is 113 cm³/mol. The molecule has 160 valence electrons. The fourth-order valence-electron chi connectivity index (χ4n) is 4.24. The van der Waals surface area contributed by atoms with Gasteiger partial charge in [-0.25, -0.2) is 19.2 Å². The normalized spacial score (nSPS) is 16.4. The van der Waals surface area contributed by atoms with Gasteiger partial charge in [-0.15, -0.1) is 0 Å². The Kier molecular flexibility index (Phi) is 5.21. The molecule has 30 heavy (non-hydrogen) atoms. The third-order valence-corrected chi connectivity index (χ3v) is 6.18. The molecule has 1 unspecified atom stereocenters. The monoisotopic (exact) mass is 411 g/mol. The van der Waals surface area contributed by atoms with E-state index in [2.05, 4.69) is 20.2 Å². The van der Waals surface area contributed by atoms with Crippen LogP contribution in [0.3, 0.4) is 0 Å². The second kappa shape index (κ2) is 7.70. The molecule has 1 aliphatic heterocycles. The van der Waals surface area contributed by atoms with E-state index in [1.807, 2.05) is 43.3 Å². The SMILES string of the molecule is Cc1nc(C)n(CC(C)C(=O)N2CCC(c3cc4nc(C)c(C)c(=O)n4[nH]3)CC2)n1. The van der Waals surface area contributed by atoms with Gasteiger partial charge in [0.25, 0.3) is 5.56 Å². The molecule has 0 aromatic carbocycles. The van der Waals surface area contributed by atoms with Crippen molar-refractivity contribution >= 4 is 11.6 Å². The Hall–Kier alpha value is -2.97. The summed E-state index contributed by atoms with van der Waals surface area (Å²) in [6.07, 6.45) is 1.72. The van der Waals surface area contributed by atoms with Crippen molar-refractivity contribution in [2.75, 3.05) is 13.1 Å². The molecule has 0 saturated carbocycles. The minimum atomic E-state index is -0.150. The summed E-state index contributed by atoms with van der Waals surface area (Å²) in [7, 11) is 0. The van der Waals surface area contributed by atoms with Gasteiger partial charge < -0.3 is 4.90 Å². The van der Waals surface area contributed by atoms with Gasteiger partial charge in [0.1, 0.15) is 11.6 Å². The van der Waals surface area contributed by atoms with Gasteiger partial charge in [-0.05, 0) is 40.5 Å². The molecule has 3 aromatic rings. The second-order valence-electron chi connectivity index (χ2n) is 8.42. The van der Waals surface area contributed by atoms with E-state index >= 15 is 0 Å². The fourth-order valence-corrected chi connectivity index (χ4v) is 4.24. The Morgan fingerprint density at radius 3 is 2.53 bits per heavy atom.